The standard InChI is InChI=1S/C25H32N6S2.C3H8O2.C2H6/c1-3-7-19(32)15-27-25-28-16(2)22(24-30-20-8-5-4-6-9-21(20)33-24)23(31-25)29-18-11-10-17(14-18)12-13-26;1-3(2,4)5;1-2/h3-7,9,17-18,32H,1,8,10-15,26H2,2H3,(H2,27,28,29,31);4-5H,1-2H3;1-2H3/b19-7-;;. The lowest BCUT2D eigenvalue weighted by molar-refractivity contribution is -0.127. The maximum Gasteiger partial charge on any atom is 0.225 e. The van der Waals surface area contributed by atoms with Gasteiger partial charge < -0.3 is 26.6 Å². The van der Waals surface area contributed by atoms with E-state index in [0.29, 0.717) is 24.5 Å². The van der Waals surface area contributed by atoms with E-state index in [2.05, 4.69) is 54.1 Å². The van der Waals surface area contributed by atoms with Crippen molar-refractivity contribution in [3.8, 4) is 10.6 Å². The van der Waals surface area contributed by atoms with E-state index in [1.54, 1.807) is 17.4 Å². The molecule has 10 heteroatoms. The fraction of sp³-hybridized carbons (Fsp3) is 0.500. The zero-order valence-electron chi connectivity index (χ0n) is 24.4. The largest absolute Gasteiger partial charge is 0.367 e. The van der Waals surface area contributed by atoms with Gasteiger partial charge in [0, 0.05) is 23.9 Å². The minimum atomic E-state index is -1.50. The molecule has 220 valence electrons. The third kappa shape index (κ3) is 11.2. The normalized spacial score (nSPS) is 18.1. The highest BCUT2D eigenvalue weighted by atomic mass is 32.1. The van der Waals surface area contributed by atoms with Gasteiger partial charge in [0.1, 0.15) is 10.8 Å². The van der Waals surface area contributed by atoms with Gasteiger partial charge in [-0.05, 0) is 65.0 Å². The lowest BCUT2D eigenvalue weighted by atomic mass is 10.0. The smallest absolute Gasteiger partial charge is 0.225 e. The Kier molecular flexibility index (Phi) is 14.1. The molecule has 2 unspecified atom stereocenters. The van der Waals surface area contributed by atoms with Gasteiger partial charge in [-0.3, -0.25) is 0 Å². The molecule has 6 N–H and O–H groups in total. The van der Waals surface area contributed by atoms with E-state index in [1.807, 2.05) is 26.8 Å². The minimum Gasteiger partial charge on any atom is -0.367 e. The summed E-state index contributed by atoms with van der Waals surface area (Å²) in [5, 5.41) is 24.1. The molecule has 0 aromatic carbocycles. The van der Waals surface area contributed by atoms with Crippen LogP contribution in [0.5, 0.6) is 0 Å². The first-order valence-corrected chi connectivity index (χ1v) is 15.2. The van der Waals surface area contributed by atoms with Gasteiger partial charge >= 0.3 is 0 Å². The number of aromatic nitrogens is 3. The number of aliphatic hydroxyl groups is 2. The molecule has 0 saturated heterocycles. The first kappa shape index (κ1) is 33.7. The van der Waals surface area contributed by atoms with E-state index in [-0.39, 0.29) is 0 Å². The lowest BCUT2D eigenvalue weighted by Gasteiger charge is -2.18. The number of aryl methyl sites for hydroxylation is 1. The number of rotatable bonds is 9. The number of allylic oxidation sites excluding steroid dienone is 5. The SMILES string of the molecule is C=C/C=C(\S)CNc1nc(C)c(-c2nc3c(s2)C=CC=CC3)c(NC2CCC(CCN)C2)n1.CC.CC(C)(O)O. The van der Waals surface area contributed by atoms with E-state index >= 15 is 0 Å². The van der Waals surface area contributed by atoms with Crippen LogP contribution in [0, 0.1) is 12.8 Å². The second-order valence-electron chi connectivity index (χ2n) is 10.0. The van der Waals surface area contributed by atoms with Gasteiger partial charge in [0.05, 0.1) is 21.8 Å². The van der Waals surface area contributed by atoms with Gasteiger partial charge in [-0.1, -0.05) is 50.8 Å². The predicted octanol–water partition coefficient (Wildman–Crippen LogP) is 6.11. The lowest BCUT2D eigenvalue weighted by Crippen LogP contribution is -2.19. The van der Waals surface area contributed by atoms with Gasteiger partial charge in [0.15, 0.2) is 5.79 Å². The van der Waals surface area contributed by atoms with Crippen LogP contribution >= 0.6 is 24.0 Å². The van der Waals surface area contributed by atoms with Crippen molar-refractivity contribution in [2.24, 2.45) is 11.7 Å². The van der Waals surface area contributed by atoms with E-state index in [0.717, 1.165) is 64.9 Å². The molecule has 0 bridgehead atoms. The Morgan fingerprint density at radius 1 is 1.23 bits per heavy atom. The van der Waals surface area contributed by atoms with Crippen molar-refractivity contribution in [3.05, 3.63) is 58.1 Å². The number of hydrogen-bond donors (Lipinski definition) is 6. The van der Waals surface area contributed by atoms with Gasteiger partial charge in [-0.2, -0.15) is 4.98 Å². The highest BCUT2D eigenvalue weighted by Crippen LogP contribution is 2.38. The van der Waals surface area contributed by atoms with Crippen molar-refractivity contribution in [2.45, 2.75) is 78.6 Å². The number of thiol groups is 1. The third-order valence-electron chi connectivity index (χ3n) is 6.03. The van der Waals surface area contributed by atoms with Gasteiger partial charge in [0.25, 0.3) is 0 Å². The summed E-state index contributed by atoms with van der Waals surface area (Å²) >= 11 is 6.17. The number of hydrogen-bond acceptors (Lipinski definition) is 10. The molecular formula is C30H46N6O2S2. The Hall–Kier alpha value is -2.50. The summed E-state index contributed by atoms with van der Waals surface area (Å²) in [4.78, 5) is 16.7. The first-order chi connectivity index (χ1) is 19.1. The molecular weight excluding hydrogens is 541 g/mol. The fourth-order valence-electron chi connectivity index (χ4n) is 4.42. The minimum absolute atomic E-state index is 0.379. The van der Waals surface area contributed by atoms with Gasteiger partial charge in [-0.25, -0.2) is 9.97 Å². The molecule has 2 atom stereocenters. The summed E-state index contributed by atoms with van der Waals surface area (Å²) in [5.41, 5.74) is 8.80. The molecule has 0 aliphatic heterocycles. The predicted molar refractivity (Wildman–Crippen MR) is 174 cm³/mol. The molecule has 2 heterocycles. The van der Waals surface area contributed by atoms with Crippen LogP contribution in [-0.4, -0.2) is 50.1 Å². The molecule has 8 nitrogen and oxygen atoms in total. The van der Waals surface area contributed by atoms with Gasteiger partial charge in [0.2, 0.25) is 5.95 Å². The second kappa shape index (κ2) is 16.7. The summed E-state index contributed by atoms with van der Waals surface area (Å²) < 4.78 is 0. The molecule has 4 rings (SSSR count). The van der Waals surface area contributed by atoms with Crippen molar-refractivity contribution in [1.29, 1.82) is 0 Å². The van der Waals surface area contributed by atoms with Crippen LogP contribution in [0.3, 0.4) is 0 Å². The highest BCUT2D eigenvalue weighted by molar-refractivity contribution is 7.84. The van der Waals surface area contributed by atoms with Crippen molar-refractivity contribution in [1.82, 2.24) is 15.0 Å². The number of nitrogens with two attached hydrogens (primary N) is 1. The highest BCUT2D eigenvalue weighted by Gasteiger charge is 2.27. The van der Waals surface area contributed by atoms with Crippen LogP contribution in [0.15, 0.2) is 41.9 Å². The number of nitrogens with one attached hydrogen (secondary N) is 2. The van der Waals surface area contributed by atoms with Crippen LogP contribution in [0.25, 0.3) is 16.6 Å². The molecule has 2 aliphatic rings. The van der Waals surface area contributed by atoms with Crippen molar-refractivity contribution >= 4 is 41.8 Å². The molecule has 2 aromatic heterocycles. The summed E-state index contributed by atoms with van der Waals surface area (Å²) in [6.07, 6.45) is 17.4. The summed E-state index contributed by atoms with van der Waals surface area (Å²) in [5.74, 6) is 0.612. The molecule has 0 radical (unpaired) electrons. The number of nitrogens with zero attached hydrogens (tertiary/aromatic N) is 3. The molecule has 1 fully saturated rings. The Bertz CT molecular complexity index is 1180. The maximum atomic E-state index is 8.08. The molecule has 0 spiro atoms. The van der Waals surface area contributed by atoms with Crippen LogP contribution in [0.4, 0.5) is 11.8 Å². The summed E-state index contributed by atoms with van der Waals surface area (Å²) in [7, 11) is 0. The Labute approximate surface area is 249 Å². The average molecular weight is 587 g/mol. The topological polar surface area (TPSA) is 129 Å². The zero-order chi connectivity index (χ0) is 29.7. The summed E-state index contributed by atoms with van der Waals surface area (Å²) in [6.45, 7) is 13.6. The zero-order valence-corrected chi connectivity index (χ0v) is 26.2. The fourth-order valence-corrected chi connectivity index (χ4v) is 5.71. The molecule has 40 heavy (non-hydrogen) atoms. The molecule has 0 amide bonds. The number of anilines is 2. The van der Waals surface area contributed by atoms with Crippen molar-refractivity contribution in [3.63, 3.8) is 0 Å². The molecule has 1 saturated carbocycles. The quantitative estimate of drug-likeness (QED) is 0.118. The Morgan fingerprint density at radius 2 is 1.95 bits per heavy atom. The Balaban J connectivity index is 0.000000722. The van der Waals surface area contributed by atoms with Crippen LogP contribution < -0.4 is 16.4 Å². The molecule has 2 aliphatic carbocycles. The number of fused-ring (bicyclic) bond motifs is 1. The summed E-state index contributed by atoms with van der Waals surface area (Å²) in [6, 6.07) is 0.379. The van der Waals surface area contributed by atoms with E-state index < -0.39 is 5.79 Å². The average Bonchev–Trinajstić information content (AvgIpc) is 3.43. The maximum absolute atomic E-state index is 8.08. The second-order valence-corrected chi connectivity index (χ2v) is 11.6. The van der Waals surface area contributed by atoms with E-state index in [4.69, 9.17) is 30.9 Å². The van der Waals surface area contributed by atoms with E-state index in [9.17, 15) is 0 Å². The third-order valence-corrected chi connectivity index (χ3v) is 7.42. The monoisotopic (exact) mass is 586 g/mol. The van der Waals surface area contributed by atoms with Crippen LogP contribution in [0.2, 0.25) is 0 Å². The van der Waals surface area contributed by atoms with Crippen molar-refractivity contribution < 1.29 is 10.2 Å². The van der Waals surface area contributed by atoms with Gasteiger partial charge in [-0.15, -0.1) is 24.0 Å². The molecule has 2 aromatic rings. The van der Waals surface area contributed by atoms with Crippen LogP contribution in [0.1, 0.15) is 69.6 Å². The van der Waals surface area contributed by atoms with Crippen molar-refractivity contribution in [2.75, 3.05) is 23.7 Å². The van der Waals surface area contributed by atoms with E-state index in [1.165, 1.54) is 25.1 Å². The number of thiazole rings is 1. The van der Waals surface area contributed by atoms with Crippen LogP contribution in [-0.2, 0) is 6.42 Å². The Morgan fingerprint density at radius 3 is 2.62 bits per heavy atom. The first-order valence-electron chi connectivity index (χ1n) is 13.9.